The molecular formula is C15H23ClN2O2. The van der Waals surface area contributed by atoms with E-state index in [9.17, 15) is 0 Å². The first kappa shape index (κ1) is 15.7. The second-order valence-electron chi connectivity index (χ2n) is 5.43. The van der Waals surface area contributed by atoms with Gasteiger partial charge in [-0.2, -0.15) is 0 Å². The second-order valence-corrected chi connectivity index (χ2v) is 5.83. The van der Waals surface area contributed by atoms with Crippen molar-refractivity contribution in [3.8, 4) is 0 Å². The minimum Gasteiger partial charge on any atom is -0.383 e. The number of nitrogens with one attached hydrogen (secondary N) is 1. The zero-order valence-electron chi connectivity index (χ0n) is 12.0. The fraction of sp³-hybridized carbons (Fsp3) is 0.667. The van der Waals surface area contributed by atoms with Crippen LogP contribution in [0, 0.1) is 5.41 Å². The van der Waals surface area contributed by atoms with Crippen molar-refractivity contribution in [2.45, 2.75) is 19.3 Å². The van der Waals surface area contributed by atoms with E-state index in [0.29, 0.717) is 0 Å². The number of hydrogen-bond acceptors (Lipinski definition) is 4. The van der Waals surface area contributed by atoms with Gasteiger partial charge in [-0.1, -0.05) is 11.6 Å². The number of aromatic nitrogens is 1. The number of hydrogen-bond donors (Lipinski definition) is 1. The Morgan fingerprint density at radius 3 is 2.95 bits per heavy atom. The third kappa shape index (κ3) is 4.42. The minimum atomic E-state index is 0.219. The van der Waals surface area contributed by atoms with Crippen molar-refractivity contribution in [2.24, 2.45) is 5.41 Å². The molecule has 5 heteroatoms. The molecule has 0 amide bonds. The van der Waals surface area contributed by atoms with Crippen molar-refractivity contribution in [1.82, 2.24) is 10.3 Å². The first-order valence-electron chi connectivity index (χ1n) is 7.12. The van der Waals surface area contributed by atoms with E-state index >= 15 is 0 Å². The molecular weight excluding hydrogens is 276 g/mol. The Labute approximate surface area is 125 Å². The fourth-order valence-corrected chi connectivity index (χ4v) is 2.89. The van der Waals surface area contributed by atoms with Crippen LogP contribution in [0.4, 0.5) is 0 Å². The molecule has 0 saturated carbocycles. The molecule has 2 rings (SSSR count). The van der Waals surface area contributed by atoms with Crippen LogP contribution in [0.2, 0.25) is 5.02 Å². The van der Waals surface area contributed by atoms with Gasteiger partial charge in [0.05, 0.1) is 11.6 Å². The van der Waals surface area contributed by atoms with E-state index in [-0.39, 0.29) is 5.41 Å². The molecule has 0 bridgehead atoms. The zero-order chi connectivity index (χ0) is 14.3. The fourth-order valence-electron chi connectivity index (χ4n) is 2.70. The maximum Gasteiger partial charge on any atom is 0.0621 e. The van der Waals surface area contributed by atoms with E-state index in [2.05, 4.69) is 10.3 Å². The number of rotatable bonds is 7. The smallest absolute Gasteiger partial charge is 0.0621 e. The van der Waals surface area contributed by atoms with E-state index in [0.717, 1.165) is 57.2 Å². The maximum atomic E-state index is 6.26. The van der Waals surface area contributed by atoms with Crippen LogP contribution in [0.1, 0.15) is 18.4 Å². The van der Waals surface area contributed by atoms with Gasteiger partial charge in [-0.05, 0) is 36.3 Å². The van der Waals surface area contributed by atoms with Gasteiger partial charge in [0.15, 0.2) is 0 Å². The first-order chi connectivity index (χ1) is 9.76. The molecule has 1 saturated heterocycles. The predicted molar refractivity (Wildman–Crippen MR) is 80.2 cm³/mol. The highest BCUT2D eigenvalue weighted by atomic mass is 35.5. The van der Waals surface area contributed by atoms with Gasteiger partial charge in [0.1, 0.15) is 0 Å². The van der Waals surface area contributed by atoms with Crippen LogP contribution in [0.5, 0.6) is 0 Å². The normalized spacial score (nSPS) is 18.1. The summed E-state index contributed by atoms with van der Waals surface area (Å²) in [5.41, 5.74) is 1.40. The number of pyridine rings is 1. The Hall–Kier alpha value is -0.680. The number of methoxy groups -OCH3 is 1. The molecule has 1 aromatic heterocycles. The first-order valence-corrected chi connectivity index (χ1v) is 7.49. The summed E-state index contributed by atoms with van der Waals surface area (Å²) in [6.45, 7) is 4.24. The summed E-state index contributed by atoms with van der Waals surface area (Å²) in [4.78, 5) is 4.06. The summed E-state index contributed by atoms with van der Waals surface area (Å²) in [5.74, 6) is 0. The Bertz CT molecular complexity index is 409. The summed E-state index contributed by atoms with van der Waals surface area (Å²) in [5, 5.41) is 4.26. The van der Waals surface area contributed by atoms with E-state index in [4.69, 9.17) is 21.1 Å². The van der Waals surface area contributed by atoms with Crippen molar-refractivity contribution in [3.05, 3.63) is 29.0 Å². The lowest BCUT2D eigenvalue weighted by Crippen LogP contribution is -2.41. The summed E-state index contributed by atoms with van der Waals surface area (Å²) < 4.78 is 10.6. The molecule has 0 atom stereocenters. The number of ether oxygens (including phenoxy) is 2. The minimum absolute atomic E-state index is 0.219. The molecule has 1 aliphatic heterocycles. The van der Waals surface area contributed by atoms with Crippen LogP contribution in [-0.2, 0) is 15.9 Å². The third-order valence-corrected chi connectivity index (χ3v) is 4.30. The van der Waals surface area contributed by atoms with Crippen molar-refractivity contribution >= 4 is 11.6 Å². The average molecular weight is 299 g/mol. The summed E-state index contributed by atoms with van der Waals surface area (Å²) >= 11 is 6.26. The SMILES string of the molecule is COCCNCC1(Cc2ccncc2Cl)CCOCC1. The number of halogens is 1. The van der Waals surface area contributed by atoms with Gasteiger partial charge in [-0.3, -0.25) is 4.98 Å². The van der Waals surface area contributed by atoms with E-state index in [1.165, 1.54) is 5.56 Å². The van der Waals surface area contributed by atoms with Gasteiger partial charge in [-0.25, -0.2) is 0 Å². The van der Waals surface area contributed by atoms with Gasteiger partial charge in [0.2, 0.25) is 0 Å². The summed E-state index contributed by atoms with van der Waals surface area (Å²) in [6.07, 6.45) is 6.63. The van der Waals surface area contributed by atoms with Crippen molar-refractivity contribution < 1.29 is 9.47 Å². The highest BCUT2D eigenvalue weighted by Crippen LogP contribution is 2.35. The summed E-state index contributed by atoms with van der Waals surface area (Å²) in [6, 6.07) is 2.02. The van der Waals surface area contributed by atoms with Gasteiger partial charge >= 0.3 is 0 Å². The molecule has 1 fully saturated rings. The Kier molecular flexibility index (Phi) is 6.23. The van der Waals surface area contributed by atoms with Gasteiger partial charge in [0, 0.05) is 45.8 Å². The zero-order valence-corrected chi connectivity index (χ0v) is 12.8. The largest absolute Gasteiger partial charge is 0.383 e. The van der Waals surface area contributed by atoms with E-state index in [1.807, 2.05) is 12.3 Å². The highest BCUT2D eigenvalue weighted by Gasteiger charge is 2.33. The monoisotopic (exact) mass is 298 g/mol. The quantitative estimate of drug-likeness (QED) is 0.785. The Balaban J connectivity index is 2.01. The lowest BCUT2D eigenvalue weighted by Gasteiger charge is -2.38. The average Bonchev–Trinajstić information content (AvgIpc) is 2.47. The maximum absolute atomic E-state index is 6.26. The van der Waals surface area contributed by atoms with Crippen molar-refractivity contribution in [2.75, 3.05) is 40.0 Å². The van der Waals surface area contributed by atoms with Crippen molar-refractivity contribution in [1.29, 1.82) is 0 Å². The molecule has 112 valence electrons. The summed E-state index contributed by atoms with van der Waals surface area (Å²) in [7, 11) is 1.72. The molecule has 0 aromatic carbocycles. The predicted octanol–water partition coefficient (Wildman–Crippen LogP) is 2.31. The second kappa shape index (κ2) is 7.93. The van der Waals surface area contributed by atoms with Crippen LogP contribution in [0.3, 0.4) is 0 Å². The molecule has 4 nitrogen and oxygen atoms in total. The lowest BCUT2D eigenvalue weighted by molar-refractivity contribution is 0.0143. The van der Waals surface area contributed by atoms with E-state index < -0.39 is 0 Å². The molecule has 1 aliphatic rings. The topological polar surface area (TPSA) is 43.4 Å². The van der Waals surface area contributed by atoms with Crippen LogP contribution in [-0.4, -0.2) is 45.0 Å². The number of nitrogens with zero attached hydrogens (tertiary/aromatic N) is 1. The Morgan fingerprint density at radius 2 is 2.25 bits per heavy atom. The molecule has 2 heterocycles. The molecule has 0 unspecified atom stereocenters. The van der Waals surface area contributed by atoms with Crippen LogP contribution in [0.15, 0.2) is 18.5 Å². The molecule has 1 aromatic rings. The van der Waals surface area contributed by atoms with Crippen LogP contribution < -0.4 is 5.32 Å². The van der Waals surface area contributed by atoms with Crippen LogP contribution in [0.25, 0.3) is 0 Å². The molecule has 20 heavy (non-hydrogen) atoms. The molecule has 1 N–H and O–H groups in total. The third-order valence-electron chi connectivity index (χ3n) is 3.96. The van der Waals surface area contributed by atoms with Gasteiger partial charge < -0.3 is 14.8 Å². The van der Waals surface area contributed by atoms with E-state index in [1.54, 1.807) is 13.3 Å². The van der Waals surface area contributed by atoms with Crippen LogP contribution >= 0.6 is 11.6 Å². The van der Waals surface area contributed by atoms with Crippen molar-refractivity contribution in [3.63, 3.8) is 0 Å². The lowest BCUT2D eigenvalue weighted by atomic mass is 9.75. The molecule has 0 aliphatic carbocycles. The standard InChI is InChI=1S/C15H23ClN2O2/c1-19-9-6-18-12-15(3-7-20-8-4-15)10-13-2-5-17-11-14(13)16/h2,5,11,18H,3-4,6-10,12H2,1H3. The molecule has 0 spiro atoms. The van der Waals surface area contributed by atoms with Gasteiger partial charge in [-0.15, -0.1) is 0 Å². The highest BCUT2D eigenvalue weighted by molar-refractivity contribution is 6.31. The van der Waals surface area contributed by atoms with Gasteiger partial charge in [0.25, 0.3) is 0 Å². The molecule has 0 radical (unpaired) electrons. The Morgan fingerprint density at radius 1 is 1.45 bits per heavy atom.